The molecule has 28 heavy (non-hydrogen) atoms. The average molecular weight is 375 g/mol. The van der Waals surface area contributed by atoms with Crippen LogP contribution in [0.3, 0.4) is 0 Å². The quantitative estimate of drug-likeness (QED) is 0.538. The standard InChI is InChI=1S/C21H21N5O2/c1-15-8-10-18(11-9-15)25-13-12-20(23-25)28-14-17-6-4-5-7-19(17)26-16(2)22-24(3)21(26)27/h4-13H,14H2,1-3H3. The summed E-state index contributed by atoms with van der Waals surface area (Å²) in [5.41, 5.74) is 3.62. The van der Waals surface area contributed by atoms with E-state index >= 15 is 0 Å². The molecule has 0 aliphatic carbocycles. The SMILES string of the molecule is Cc1ccc(-n2ccc(OCc3ccccc3-n3c(C)nn(C)c3=O)n2)cc1. The van der Waals surface area contributed by atoms with Crippen molar-refractivity contribution in [1.82, 2.24) is 24.1 Å². The highest BCUT2D eigenvalue weighted by Gasteiger charge is 2.13. The van der Waals surface area contributed by atoms with Crippen LogP contribution in [-0.2, 0) is 13.7 Å². The highest BCUT2D eigenvalue weighted by molar-refractivity contribution is 5.41. The first kappa shape index (κ1) is 17.8. The van der Waals surface area contributed by atoms with Crippen LogP contribution in [0, 0.1) is 13.8 Å². The third kappa shape index (κ3) is 3.34. The molecule has 0 radical (unpaired) electrons. The van der Waals surface area contributed by atoms with Gasteiger partial charge in [0, 0.05) is 24.9 Å². The molecule has 0 fully saturated rings. The maximum atomic E-state index is 12.4. The second-order valence-electron chi connectivity index (χ2n) is 6.64. The van der Waals surface area contributed by atoms with E-state index in [4.69, 9.17) is 4.74 Å². The lowest BCUT2D eigenvalue weighted by Gasteiger charge is -2.10. The number of aromatic nitrogens is 5. The summed E-state index contributed by atoms with van der Waals surface area (Å²) in [4.78, 5) is 12.4. The zero-order valence-corrected chi connectivity index (χ0v) is 16.0. The molecule has 0 bridgehead atoms. The van der Waals surface area contributed by atoms with Crippen LogP contribution in [0.2, 0.25) is 0 Å². The molecule has 0 unspecified atom stereocenters. The molecule has 4 rings (SSSR count). The van der Waals surface area contributed by atoms with Crippen molar-refractivity contribution in [2.75, 3.05) is 0 Å². The average Bonchev–Trinajstić information content (AvgIpc) is 3.26. The lowest BCUT2D eigenvalue weighted by molar-refractivity contribution is 0.291. The number of nitrogens with zero attached hydrogens (tertiary/aromatic N) is 5. The first-order valence-corrected chi connectivity index (χ1v) is 8.99. The fraction of sp³-hybridized carbons (Fsp3) is 0.190. The summed E-state index contributed by atoms with van der Waals surface area (Å²) >= 11 is 0. The van der Waals surface area contributed by atoms with Crippen molar-refractivity contribution >= 4 is 0 Å². The number of hydrogen-bond acceptors (Lipinski definition) is 4. The molecule has 0 spiro atoms. The molecule has 0 N–H and O–H groups in total. The van der Waals surface area contributed by atoms with Crippen molar-refractivity contribution < 1.29 is 4.74 Å². The topological polar surface area (TPSA) is 66.9 Å². The number of para-hydroxylation sites is 1. The van der Waals surface area contributed by atoms with Crippen LogP contribution in [0.1, 0.15) is 17.0 Å². The van der Waals surface area contributed by atoms with Gasteiger partial charge in [0.1, 0.15) is 12.4 Å². The van der Waals surface area contributed by atoms with Crippen molar-refractivity contribution in [3.8, 4) is 17.3 Å². The Morgan fingerprint density at radius 2 is 1.71 bits per heavy atom. The molecule has 0 saturated carbocycles. The van der Waals surface area contributed by atoms with Gasteiger partial charge in [0.15, 0.2) is 0 Å². The summed E-state index contributed by atoms with van der Waals surface area (Å²) in [7, 11) is 1.64. The van der Waals surface area contributed by atoms with Gasteiger partial charge in [-0.2, -0.15) is 5.10 Å². The number of ether oxygens (including phenoxy) is 1. The van der Waals surface area contributed by atoms with E-state index in [2.05, 4.69) is 10.2 Å². The largest absolute Gasteiger partial charge is 0.472 e. The van der Waals surface area contributed by atoms with Crippen LogP contribution in [0.5, 0.6) is 5.88 Å². The number of hydrogen-bond donors (Lipinski definition) is 0. The fourth-order valence-electron chi connectivity index (χ4n) is 3.09. The smallest absolute Gasteiger partial charge is 0.350 e. The van der Waals surface area contributed by atoms with Gasteiger partial charge in [0.2, 0.25) is 5.88 Å². The van der Waals surface area contributed by atoms with Crippen molar-refractivity contribution in [2.45, 2.75) is 20.5 Å². The van der Waals surface area contributed by atoms with Crippen LogP contribution in [0.15, 0.2) is 65.6 Å². The molecule has 2 aromatic carbocycles. The van der Waals surface area contributed by atoms with Crippen LogP contribution >= 0.6 is 0 Å². The molecule has 4 aromatic rings. The molecule has 2 heterocycles. The second-order valence-corrected chi connectivity index (χ2v) is 6.64. The van der Waals surface area contributed by atoms with E-state index in [9.17, 15) is 4.79 Å². The normalized spacial score (nSPS) is 11.0. The van der Waals surface area contributed by atoms with Crippen LogP contribution in [-0.4, -0.2) is 24.1 Å². The molecular weight excluding hydrogens is 354 g/mol. The lowest BCUT2D eigenvalue weighted by Crippen LogP contribution is -2.23. The summed E-state index contributed by atoms with van der Waals surface area (Å²) in [5, 5.41) is 8.68. The van der Waals surface area contributed by atoms with E-state index < -0.39 is 0 Å². The van der Waals surface area contributed by atoms with E-state index in [1.807, 2.05) is 74.6 Å². The molecule has 0 aliphatic rings. The molecule has 7 heteroatoms. The molecule has 7 nitrogen and oxygen atoms in total. The van der Waals surface area contributed by atoms with Crippen LogP contribution in [0.25, 0.3) is 11.4 Å². The molecule has 0 atom stereocenters. The van der Waals surface area contributed by atoms with Gasteiger partial charge in [-0.3, -0.25) is 0 Å². The van der Waals surface area contributed by atoms with Gasteiger partial charge in [0.05, 0.1) is 11.4 Å². The zero-order valence-electron chi connectivity index (χ0n) is 16.0. The van der Waals surface area contributed by atoms with Crippen LogP contribution in [0.4, 0.5) is 0 Å². The number of aryl methyl sites for hydroxylation is 3. The van der Waals surface area contributed by atoms with Gasteiger partial charge in [-0.05, 0) is 32.0 Å². The van der Waals surface area contributed by atoms with Gasteiger partial charge in [-0.25, -0.2) is 18.7 Å². The maximum absolute atomic E-state index is 12.4. The molecule has 0 aliphatic heterocycles. The van der Waals surface area contributed by atoms with Gasteiger partial charge in [-0.1, -0.05) is 35.9 Å². The minimum Gasteiger partial charge on any atom is -0.472 e. The monoisotopic (exact) mass is 375 g/mol. The van der Waals surface area contributed by atoms with Crippen molar-refractivity contribution in [2.24, 2.45) is 7.05 Å². The summed E-state index contributed by atoms with van der Waals surface area (Å²) < 4.78 is 10.6. The summed E-state index contributed by atoms with van der Waals surface area (Å²) in [6.45, 7) is 4.15. The molecule has 2 aromatic heterocycles. The van der Waals surface area contributed by atoms with Crippen molar-refractivity contribution in [3.63, 3.8) is 0 Å². The second kappa shape index (κ2) is 7.19. The minimum absolute atomic E-state index is 0.186. The fourth-order valence-corrected chi connectivity index (χ4v) is 3.09. The Kier molecular flexibility index (Phi) is 4.57. The Balaban J connectivity index is 1.57. The summed E-state index contributed by atoms with van der Waals surface area (Å²) in [6.07, 6.45) is 1.86. The lowest BCUT2D eigenvalue weighted by atomic mass is 10.2. The molecule has 0 amide bonds. The highest BCUT2D eigenvalue weighted by Crippen LogP contribution is 2.18. The van der Waals surface area contributed by atoms with Crippen LogP contribution < -0.4 is 10.4 Å². The maximum Gasteiger partial charge on any atom is 0.350 e. The van der Waals surface area contributed by atoms with E-state index in [0.29, 0.717) is 18.3 Å². The number of rotatable bonds is 5. The summed E-state index contributed by atoms with van der Waals surface area (Å²) in [5.74, 6) is 1.15. The van der Waals surface area contributed by atoms with E-state index in [1.165, 1.54) is 10.2 Å². The third-order valence-corrected chi connectivity index (χ3v) is 4.56. The predicted molar refractivity (Wildman–Crippen MR) is 106 cm³/mol. The van der Waals surface area contributed by atoms with E-state index in [-0.39, 0.29) is 5.69 Å². The zero-order chi connectivity index (χ0) is 19.7. The summed E-state index contributed by atoms with van der Waals surface area (Å²) in [6, 6.07) is 17.6. The minimum atomic E-state index is -0.186. The van der Waals surface area contributed by atoms with E-state index in [0.717, 1.165) is 16.9 Å². The van der Waals surface area contributed by atoms with Gasteiger partial charge >= 0.3 is 5.69 Å². The van der Waals surface area contributed by atoms with E-state index in [1.54, 1.807) is 16.3 Å². The Hall–Kier alpha value is -3.61. The van der Waals surface area contributed by atoms with Gasteiger partial charge in [0.25, 0.3) is 0 Å². The molecule has 142 valence electrons. The Bertz CT molecular complexity index is 1170. The predicted octanol–water partition coefficient (Wildman–Crippen LogP) is 2.95. The van der Waals surface area contributed by atoms with Gasteiger partial charge in [-0.15, -0.1) is 5.10 Å². The van der Waals surface area contributed by atoms with Gasteiger partial charge < -0.3 is 4.74 Å². The van der Waals surface area contributed by atoms with Crippen molar-refractivity contribution in [3.05, 3.63) is 88.2 Å². The third-order valence-electron chi connectivity index (χ3n) is 4.56. The molecular formula is C21H21N5O2. The Morgan fingerprint density at radius 1 is 0.964 bits per heavy atom. The Labute approximate surface area is 162 Å². The number of benzene rings is 2. The first-order chi connectivity index (χ1) is 13.5. The van der Waals surface area contributed by atoms with Crippen molar-refractivity contribution in [1.29, 1.82) is 0 Å². The molecule has 0 saturated heterocycles. The Morgan fingerprint density at radius 3 is 2.43 bits per heavy atom. The first-order valence-electron chi connectivity index (χ1n) is 8.99. The highest BCUT2D eigenvalue weighted by atomic mass is 16.5.